The highest BCUT2D eigenvalue weighted by molar-refractivity contribution is 5.78. The fourth-order valence-corrected chi connectivity index (χ4v) is 2.88. The Kier molecular flexibility index (Phi) is 8.78. The van der Waals surface area contributed by atoms with Crippen LogP contribution in [0.15, 0.2) is 48.5 Å². The third-order valence-corrected chi connectivity index (χ3v) is 4.71. The van der Waals surface area contributed by atoms with Gasteiger partial charge in [0.1, 0.15) is 12.6 Å². The average Bonchev–Trinajstić information content (AvgIpc) is 2.73. The Balaban J connectivity index is 1.89. The van der Waals surface area contributed by atoms with Crippen LogP contribution in [0, 0.1) is 0 Å². The smallest absolute Gasteiger partial charge is 0.258 e. The standard InChI is InChI=1S/C22H30N2O4/c1-4-19(14-25)23-13-17-10-11-20(21(12-17)27-3)28-15-22(26)24-16(2)18-8-6-5-7-9-18/h5-12,16,19,23,25H,4,13-15H2,1-3H3,(H,24,26)/p+1/t16-,19-/m0/s1. The number of methoxy groups -OCH3 is 1. The van der Waals surface area contributed by atoms with Gasteiger partial charge in [0.05, 0.1) is 19.8 Å². The Hall–Kier alpha value is -2.57. The van der Waals surface area contributed by atoms with Gasteiger partial charge in [-0.1, -0.05) is 37.3 Å². The summed E-state index contributed by atoms with van der Waals surface area (Å²) in [5.74, 6) is 0.930. The lowest BCUT2D eigenvalue weighted by Crippen LogP contribution is -2.89. The Morgan fingerprint density at radius 3 is 2.57 bits per heavy atom. The number of hydrogen-bond donors (Lipinski definition) is 3. The second-order valence-electron chi connectivity index (χ2n) is 6.76. The number of nitrogens with one attached hydrogen (secondary N) is 1. The molecule has 4 N–H and O–H groups in total. The van der Waals surface area contributed by atoms with Crippen molar-refractivity contribution in [2.45, 2.75) is 38.9 Å². The van der Waals surface area contributed by atoms with Crippen molar-refractivity contribution in [3.63, 3.8) is 0 Å². The normalized spacial score (nSPS) is 12.9. The van der Waals surface area contributed by atoms with Gasteiger partial charge in [-0.25, -0.2) is 0 Å². The molecule has 0 radical (unpaired) electrons. The molecule has 0 aliphatic carbocycles. The molecule has 0 saturated heterocycles. The van der Waals surface area contributed by atoms with Crippen LogP contribution in [0.1, 0.15) is 37.4 Å². The highest BCUT2D eigenvalue weighted by Gasteiger charge is 2.13. The number of amides is 1. The van der Waals surface area contributed by atoms with E-state index >= 15 is 0 Å². The summed E-state index contributed by atoms with van der Waals surface area (Å²) in [5.41, 5.74) is 2.11. The molecular weight excluding hydrogens is 356 g/mol. The van der Waals surface area contributed by atoms with Gasteiger partial charge in [0.25, 0.3) is 5.91 Å². The van der Waals surface area contributed by atoms with Gasteiger partial charge in [-0.15, -0.1) is 0 Å². The van der Waals surface area contributed by atoms with Gasteiger partial charge in [-0.2, -0.15) is 0 Å². The molecule has 0 aromatic heterocycles. The van der Waals surface area contributed by atoms with Crippen LogP contribution in [0.25, 0.3) is 0 Å². The van der Waals surface area contributed by atoms with E-state index in [1.165, 1.54) is 0 Å². The molecule has 0 saturated carbocycles. The van der Waals surface area contributed by atoms with Crippen LogP contribution < -0.4 is 20.1 Å². The van der Waals surface area contributed by atoms with E-state index in [1.807, 2.05) is 55.5 Å². The summed E-state index contributed by atoms with van der Waals surface area (Å²) in [6.45, 7) is 4.81. The SMILES string of the molecule is CC[C@@H](CO)[NH2+]Cc1ccc(OCC(=O)N[C@@H](C)c2ccccc2)c(OC)c1. The van der Waals surface area contributed by atoms with Crippen LogP contribution >= 0.6 is 0 Å². The van der Waals surface area contributed by atoms with Crippen LogP contribution in [0.5, 0.6) is 11.5 Å². The zero-order valence-corrected chi connectivity index (χ0v) is 16.9. The van der Waals surface area contributed by atoms with Gasteiger partial charge in [-0.3, -0.25) is 4.79 Å². The molecule has 0 unspecified atom stereocenters. The highest BCUT2D eigenvalue weighted by Crippen LogP contribution is 2.27. The van der Waals surface area contributed by atoms with Gasteiger partial charge in [0.2, 0.25) is 0 Å². The van der Waals surface area contributed by atoms with Crippen LogP contribution in [0.4, 0.5) is 0 Å². The second kappa shape index (κ2) is 11.3. The second-order valence-corrected chi connectivity index (χ2v) is 6.76. The van der Waals surface area contributed by atoms with Gasteiger partial charge in [0, 0.05) is 5.56 Å². The third-order valence-electron chi connectivity index (χ3n) is 4.71. The molecule has 0 heterocycles. The minimum Gasteiger partial charge on any atom is -0.493 e. The van der Waals surface area contributed by atoms with Crippen LogP contribution in [-0.4, -0.2) is 37.4 Å². The van der Waals surface area contributed by atoms with E-state index in [0.29, 0.717) is 11.5 Å². The summed E-state index contributed by atoms with van der Waals surface area (Å²) < 4.78 is 11.1. The Bertz CT molecular complexity index is 733. The number of carbonyl (C=O) groups excluding carboxylic acids is 1. The first-order valence-corrected chi connectivity index (χ1v) is 9.65. The molecule has 0 aliphatic heterocycles. The average molecular weight is 388 g/mol. The molecule has 0 spiro atoms. The maximum Gasteiger partial charge on any atom is 0.258 e. The molecule has 1 amide bonds. The minimum atomic E-state index is -0.190. The highest BCUT2D eigenvalue weighted by atomic mass is 16.5. The van der Waals surface area contributed by atoms with Gasteiger partial charge < -0.3 is 25.2 Å². The molecule has 6 nitrogen and oxygen atoms in total. The first-order chi connectivity index (χ1) is 13.6. The quantitative estimate of drug-likeness (QED) is 0.549. The number of ether oxygens (including phenoxy) is 2. The van der Waals surface area contributed by atoms with Crippen LogP contribution in [0.2, 0.25) is 0 Å². The first kappa shape index (κ1) is 21.7. The predicted octanol–water partition coefficient (Wildman–Crippen LogP) is 1.79. The lowest BCUT2D eigenvalue weighted by Gasteiger charge is -2.16. The van der Waals surface area contributed by atoms with Crippen molar-refractivity contribution in [1.29, 1.82) is 0 Å². The summed E-state index contributed by atoms with van der Waals surface area (Å²) >= 11 is 0. The molecule has 2 aromatic rings. The predicted molar refractivity (Wildman–Crippen MR) is 108 cm³/mol. The summed E-state index contributed by atoms with van der Waals surface area (Å²) in [6, 6.07) is 15.6. The minimum absolute atomic E-state index is 0.0819. The molecule has 6 heteroatoms. The Morgan fingerprint density at radius 2 is 1.93 bits per heavy atom. The number of aliphatic hydroxyl groups excluding tert-OH is 1. The Labute approximate surface area is 166 Å². The number of hydrogen-bond acceptors (Lipinski definition) is 4. The molecule has 2 atom stereocenters. The van der Waals surface area contributed by atoms with Crippen molar-refractivity contribution < 1.29 is 24.7 Å². The Morgan fingerprint density at radius 1 is 1.18 bits per heavy atom. The van der Waals surface area contributed by atoms with E-state index < -0.39 is 0 Å². The lowest BCUT2D eigenvalue weighted by atomic mass is 10.1. The number of rotatable bonds is 11. The molecule has 0 fully saturated rings. The van der Waals surface area contributed by atoms with Crippen molar-refractivity contribution in [3.05, 3.63) is 59.7 Å². The van der Waals surface area contributed by atoms with Crippen LogP contribution in [-0.2, 0) is 11.3 Å². The summed E-state index contributed by atoms with van der Waals surface area (Å²) in [7, 11) is 1.58. The van der Waals surface area contributed by atoms with E-state index in [4.69, 9.17) is 9.47 Å². The zero-order valence-electron chi connectivity index (χ0n) is 16.9. The molecular formula is C22H31N2O4+. The summed E-state index contributed by atoms with van der Waals surface area (Å²) in [4.78, 5) is 12.2. The maximum absolute atomic E-state index is 12.2. The van der Waals surface area contributed by atoms with Crippen LogP contribution in [0.3, 0.4) is 0 Å². The van der Waals surface area contributed by atoms with E-state index in [0.717, 1.165) is 24.1 Å². The number of aliphatic hydroxyl groups is 1. The molecule has 2 rings (SSSR count). The fraction of sp³-hybridized carbons (Fsp3) is 0.409. The van der Waals surface area contributed by atoms with Crippen molar-refractivity contribution in [3.8, 4) is 11.5 Å². The summed E-state index contributed by atoms with van der Waals surface area (Å²) in [5, 5.41) is 14.3. The number of benzene rings is 2. The molecule has 152 valence electrons. The molecule has 0 aliphatic rings. The van der Waals surface area contributed by atoms with E-state index in [1.54, 1.807) is 7.11 Å². The first-order valence-electron chi connectivity index (χ1n) is 9.65. The van der Waals surface area contributed by atoms with Crippen molar-refractivity contribution in [1.82, 2.24) is 5.32 Å². The number of nitrogens with two attached hydrogens (primary N) is 1. The number of carbonyl (C=O) groups is 1. The van der Waals surface area contributed by atoms with E-state index in [-0.39, 0.29) is 31.2 Å². The van der Waals surface area contributed by atoms with Crippen molar-refractivity contribution in [2.24, 2.45) is 0 Å². The topological polar surface area (TPSA) is 84.4 Å². The number of quaternary nitrogens is 1. The zero-order chi connectivity index (χ0) is 20.4. The van der Waals surface area contributed by atoms with E-state index in [2.05, 4.69) is 17.6 Å². The van der Waals surface area contributed by atoms with Crippen molar-refractivity contribution >= 4 is 5.91 Å². The molecule has 2 aromatic carbocycles. The monoisotopic (exact) mass is 387 g/mol. The third kappa shape index (κ3) is 6.55. The van der Waals surface area contributed by atoms with Gasteiger partial charge in [-0.05, 0) is 37.1 Å². The fourth-order valence-electron chi connectivity index (χ4n) is 2.88. The lowest BCUT2D eigenvalue weighted by molar-refractivity contribution is -0.706. The largest absolute Gasteiger partial charge is 0.493 e. The molecule has 28 heavy (non-hydrogen) atoms. The van der Waals surface area contributed by atoms with Gasteiger partial charge in [0.15, 0.2) is 18.1 Å². The van der Waals surface area contributed by atoms with Crippen molar-refractivity contribution in [2.75, 3.05) is 20.3 Å². The maximum atomic E-state index is 12.2. The van der Waals surface area contributed by atoms with E-state index in [9.17, 15) is 9.90 Å². The van der Waals surface area contributed by atoms with Gasteiger partial charge >= 0.3 is 0 Å². The summed E-state index contributed by atoms with van der Waals surface area (Å²) in [6.07, 6.45) is 0.908. The molecule has 0 bridgehead atoms.